The lowest BCUT2D eigenvalue weighted by Gasteiger charge is -2.28. The molecule has 3 heterocycles. The maximum absolute atomic E-state index is 12.4. The van der Waals surface area contributed by atoms with Crippen molar-refractivity contribution in [3.63, 3.8) is 0 Å². The second-order valence-corrected chi connectivity index (χ2v) is 6.53. The van der Waals surface area contributed by atoms with Crippen LogP contribution in [0.3, 0.4) is 0 Å². The quantitative estimate of drug-likeness (QED) is 0.407. The van der Waals surface area contributed by atoms with E-state index in [9.17, 15) is 20.1 Å². The van der Waals surface area contributed by atoms with E-state index in [4.69, 9.17) is 10.5 Å². The number of nitrogens with two attached hydrogens (primary N) is 1. The zero-order valence-corrected chi connectivity index (χ0v) is 13.9. The van der Waals surface area contributed by atoms with Crippen LogP contribution in [-0.4, -0.2) is 60.5 Å². The number of anilines is 1. The number of pyridine rings is 1. The van der Waals surface area contributed by atoms with E-state index in [1.165, 1.54) is 30.8 Å². The second kappa shape index (κ2) is 5.97. The standard InChI is InChI=1S/C14H18N4O5S/c1-14(22)9(21)7(5-19)23-12(14)18-8(20)4-3-6-10(15)16-13(24-2)17-11(6)18/h3-4,7,9,12,19,21-22H,5H2,1-2H3,(H2,15,16,17)/t7-,9-,12-,14-/m1/s1. The maximum atomic E-state index is 12.4. The summed E-state index contributed by atoms with van der Waals surface area (Å²) in [4.78, 5) is 20.9. The van der Waals surface area contributed by atoms with Crippen LogP contribution in [0.25, 0.3) is 11.0 Å². The number of rotatable bonds is 3. The maximum Gasteiger partial charge on any atom is 0.254 e. The van der Waals surface area contributed by atoms with Crippen LogP contribution in [0, 0.1) is 0 Å². The molecule has 1 aliphatic rings. The van der Waals surface area contributed by atoms with Gasteiger partial charge in [-0.3, -0.25) is 9.36 Å². The van der Waals surface area contributed by atoms with Gasteiger partial charge in [0, 0.05) is 6.07 Å². The Balaban J connectivity index is 2.28. The summed E-state index contributed by atoms with van der Waals surface area (Å²) < 4.78 is 6.66. The number of aliphatic hydroxyl groups excluding tert-OH is 2. The monoisotopic (exact) mass is 354 g/mol. The first-order valence-corrected chi connectivity index (χ1v) is 8.43. The number of ether oxygens (including phenoxy) is 1. The van der Waals surface area contributed by atoms with Gasteiger partial charge in [0.05, 0.1) is 12.0 Å². The Morgan fingerprint density at radius 3 is 2.75 bits per heavy atom. The predicted molar refractivity (Wildman–Crippen MR) is 87.6 cm³/mol. The lowest BCUT2D eigenvalue weighted by Crippen LogP contribution is -2.46. The Kier molecular flexibility index (Phi) is 4.26. The van der Waals surface area contributed by atoms with Crippen LogP contribution in [-0.2, 0) is 4.74 Å². The van der Waals surface area contributed by atoms with E-state index in [2.05, 4.69) is 9.97 Å². The van der Waals surface area contributed by atoms with Crippen LogP contribution >= 0.6 is 11.8 Å². The van der Waals surface area contributed by atoms with Gasteiger partial charge in [0.15, 0.2) is 17.0 Å². The lowest BCUT2D eigenvalue weighted by molar-refractivity contribution is -0.0963. The molecule has 5 N–H and O–H groups in total. The first-order chi connectivity index (χ1) is 11.3. The molecule has 2 aromatic heterocycles. The molecule has 1 aliphatic heterocycles. The van der Waals surface area contributed by atoms with Crippen molar-refractivity contribution in [2.75, 3.05) is 18.6 Å². The van der Waals surface area contributed by atoms with Gasteiger partial charge in [0.2, 0.25) is 0 Å². The van der Waals surface area contributed by atoms with Gasteiger partial charge < -0.3 is 25.8 Å². The lowest BCUT2D eigenvalue weighted by atomic mass is 9.96. The van der Waals surface area contributed by atoms with Gasteiger partial charge in [-0.15, -0.1) is 0 Å². The van der Waals surface area contributed by atoms with Crippen LogP contribution < -0.4 is 11.3 Å². The Bertz CT molecular complexity index is 840. The summed E-state index contributed by atoms with van der Waals surface area (Å²) >= 11 is 1.25. The zero-order valence-electron chi connectivity index (χ0n) is 13.1. The number of thioether (sulfide) groups is 1. The fourth-order valence-electron chi connectivity index (χ4n) is 2.82. The highest BCUT2D eigenvalue weighted by atomic mass is 32.2. The van der Waals surface area contributed by atoms with Gasteiger partial charge in [0.1, 0.15) is 23.6 Å². The molecule has 0 spiro atoms. The Morgan fingerprint density at radius 2 is 2.17 bits per heavy atom. The molecule has 0 bridgehead atoms. The molecule has 0 aliphatic carbocycles. The first kappa shape index (κ1) is 17.1. The summed E-state index contributed by atoms with van der Waals surface area (Å²) in [7, 11) is 0. The second-order valence-electron chi connectivity index (χ2n) is 5.75. The zero-order chi connectivity index (χ0) is 17.6. The fraction of sp³-hybridized carbons (Fsp3) is 0.500. The summed E-state index contributed by atoms with van der Waals surface area (Å²) in [5.74, 6) is 0.190. The molecular formula is C14H18N4O5S. The van der Waals surface area contributed by atoms with E-state index in [1.54, 1.807) is 6.26 Å². The van der Waals surface area contributed by atoms with E-state index in [-0.39, 0.29) is 11.5 Å². The average Bonchev–Trinajstić information content (AvgIpc) is 2.77. The average molecular weight is 354 g/mol. The summed E-state index contributed by atoms with van der Waals surface area (Å²) in [5.41, 5.74) is 3.83. The smallest absolute Gasteiger partial charge is 0.254 e. The minimum atomic E-state index is -1.80. The molecule has 0 aromatic carbocycles. The summed E-state index contributed by atoms with van der Waals surface area (Å²) in [6.07, 6.45) is -1.86. The molecule has 0 unspecified atom stereocenters. The largest absolute Gasteiger partial charge is 0.394 e. The van der Waals surface area contributed by atoms with Crippen molar-refractivity contribution in [2.24, 2.45) is 0 Å². The van der Waals surface area contributed by atoms with E-state index < -0.39 is 36.2 Å². The van der Waals surface area contributed by atoms with Crippen molar-refractivity contribution in [1.82, 2.24) is 14.5 Å². The van der Waals surface area contributed by atoms with Gasteiger partial charge in [-0.1, -0.05) is 11.8 Å². The van der Waals surface area contributed by atoms with Crippen molar-refractivity contribution in [3.05, 3.63) is 22.5 Å². The highest BCUT2D eigenvalue weighted by Crippen LogP contribution is 2.38. The fourth-order valence-corrected chi connectivity index (χ4v) is 3.19. The van der Waals surface area contributed by atoms with Crippen LogP contribution in [0.2, 0.25) is 0 Å². The van der Waals surface area contributed by atoms with Crippen LogP contribution in [0.15, 0.2) is 22.1 Å². The molecule has 24 heavy (non-hydrogen) atoms. The number of nitrogen functional groups attached to an aromatic ring is 1. The normalized spacial score (nSPS) is 30.1. The Labute approximate surface area is 141 Å². The summed E-state index contributed by atoms with van der Waals surface area (Å²) in [5, 5.41) is 30.9. The van der Waals surface area contributed by atoms with Gasteiger partial charge in [-0.25, -0.2) is 9.97 Å². The molecule has 0 amide bonds. The van der Waals surface area contributed by atoms with Crippen LogP contribution in [0.5, 0.6) is 0 Å². The van der Waals surface area contributed by atoms with E-state index >= 15 is 0 Å². The molecule has 1 fully saturated rings. The highest BCUT2D eigenvalue weighted by molar-refractivity contribution is 7.98. The highest BCUT2D eigenvalue weighted by Gasteiger charge is 2.53. The Morgan fingerprint density at radius 1 is 1.46 bits per heavy atom. The van der Waals surface area contributed by atoms with Crippen LogP contribution in [0.1, 0.15) is 13.2 Å². The van der Waals surface area contributed by atoms with Crippen molar-refractivity contribution < 1.29 is 20.1 Å². The number of hydrogen-bond donors (Lipinski definition) is 4. The summed E-state index contributed by atoms with van der Waals surface area (Å²) in [6.45, 7) is 0.837. The van der Waals surface area contributed by atoms with Crippen molar-refractivity contribution in [1.29, 1.82) is 0 Å². The molecule has 9 nitrogen and oxygen atoms in total. The number of aliphatic hydroxyl groups is 3. The molecule has 1 saturated heterocycles. The molecule has 0 saturated carbocycles. The SMILES string of the molecule is CSc1nc(N)c2ccc(=O)n([C@@H]3O[C@H](CO)[C@@H](O)[C@@]3(C)O)c2n1. The Hall–Kier alpha value is -1.72. The predicted octanol–water partition coefficient (Wildman–Crippen LogP) is -0.903. The number of nitrogens with zero attached hydrogens (tertiary/aromatic N) is 3. The van der Waals surface area contributed by atoms with Gasteiger partial charge >= 0.3 is 0 Å². The van der Waals surface area contributed by atoms with Crippen molar-refractivity contribution >= 4 is 28.6 Å². The van der Waals surface area contributed by atoms with Crippen molar-refractivity contribution in [2.45, 2.75) is 36.1 Å². The first-order valence-electron chi connectivity index (χ1n) is 7.20. The third kappa shape index (κ3) is 2.47. The van der Waals surface area contributed by atoms with Gasteiger partial charge in [-0.2, -0.15) is 0 Å². The number of fused-ring (bicyclic) bond motifs is 1. The minimum Gasteiger partial charge on any atom is -0.394 e. The third-order valence-electron chi connectivity index (χ3n) is 4.14. The third-order valence-corrected chi connectivity index (χ3v) is 4.69. The van der Waals surface area contributed by atoms with Crippen LogP contribution in [0.4, 0.5) is 5.82 Å². The molecular weight excluding hydrogens is 336 g/mol. The van der Waals surface area contributed by atoms with E-state index in [1.807, 2.05) is 0 Å². The van der Waals surface area contributed by atoms with Gasteiger partial charge in [0.25, 0.3) is 5.56 Å². The van der Waals surface area contributed by atoms with E-state index in [0.29, 0.717) is 10.5 Å². The van der Waals surface area contributed by atoms with Gasteiger partial charge in [-0.05, 0) is 19.2 Å². The summed E-state index contributed by atoms with van der Waals surface area (Å²) in [6, 6.07) is 2.76. The topological polar surface area (TPSA) is 144 Å². The number of hydrogen-bond acceptors (Lipinski definition) is 9. The molecule has 4 atom stereocenters. The number of aromatic nitrogens is 3. The molecule has 3 rings (SSSR count). The molecule has 2 aromatic rings. The molecule has 10 heteroatoms. The molecule has 0 radical (unpaired) electrons. The van der Waals surface area contributed by atoms with E-state index in [0.717, 1.165) is 4.57 Å². The van der Waals surface area contributed by atoms with Crippen molar-refractivity contribution in [3.8, 4) is 0 Å². The minimum absolute atomic E-state index is 0.190. The molecule has 130 valence electrons.